The van der Waals surface area contributed by atoms with Gasteiger partial charge in [-0.1, -0.05) is 18.2 Å². The third-order valence-corrected chi connectivity index (χ3v) is 3.17. The van der Waals surface area contributed by atoms with E-state index in [1.807, 2.05) is 30.3 Å². The van der Waals surface area contributed by atoms with Crippen LogP contribution in [0.25, 0.3) is 0 Å². The summed E-state index contributed by atoms with van der Waals surface area (Å²) in [6.07, 6.45) is 0. The number of anilines is 1. The van der Waals surface area contributed by atoms with E-state index in [-0.39, 0.29) is 0 Å². The van der Waals surface area contributed by atoms with E-state index in [0.29, 0.717) is 17.2 Å². The molecule has 8 nitrogen and oxygen atoms in total. The third-order valence-electron chi connectivity index (χ3n) is 3.17. The van der Waals surface area contributed by atoms with Gasteiger partial charge in [0.15, 0.2) is 6.61 Å². The summed E-state index contributed by atoms with van der Waals surface area (Å²) in [6, 6.07) is 14.2. The standard InChI is InChI=1S/C18H19N3O5/c1-12(20-18(19)24)17(23)25-11-16(22)21-13-7-9-15(10-8-13)26-14-5-3-2-4-6-14/h2-10,12H,11H2,1H3,(H,21,22)(H3,19,20,24)/t12-/m0/s1. The second kappa shape index (κ2) is 9.07. The summed E-state index contributed by atoms with van der Waals surface area (Å²) in [5, 5.41) is 4.75. The zero-order chi connectivity index (χ0) is 18.9. The van der Waals surface area contributed by atoms with E-state index in [4.69, 9.17) is 15.2 Å². The fourth-order valence-electron chi connectivity index (χ4n) is 1.96. The number of ether oxygens (including phenoxy) is 2. The molecule has 0 unspecified atom stereocenters. The fourth-order valence-corrected chi connectivity index (χ4v) is 1.96. The van der Waals surface area contributed by atoms with E-state index >= 15 is 0 Å². The highest BCUT2D eigenvalue weighted by molar-refractivity contribution is 5.93. The molecule has 0 radical (unpaired) electrons. The molecule has 2 aromatic rings. The maximum Gasteiger partial charge on any atom is 0.328 e. The van der Waals surface area contributed by atoms with Gasteiger partial charge in [0.25, 0.3) is 5.91 Å². The summed E-state index contributed by atoms with van der Waals surface area (Å²) in [4.78, 5) is 34.0. The lowest BCUT2D eigenvalue weighted by molar-refractivity contribution is -0.148. The van der Waals surface area contributed by atoms with Crippen LogP contribution in [0.4, 0.5) is 10.5 Å². The summed E-state index contributed by atoms with van der Waals surface area (Å²) in [5.74, 6) is 0.0498. The van der Waals surface area contributed by atoms with Crippen LogP contribution in [0.5, 0.6) is 11.5 Å². The molecule has 2 rings (SSSR count). The van der Waals surface area contributed by atoms with Gasteiger partial charge >= 0.3 is 12.0 Å². The Labute approximate surface area is 150 Å². The van der Waals surface area contributed by atoms with E-state index in [9.17, 15) is 14.4 Å². The third kappa shape index (κ3) is 6.16. The lowest BCUT2D eigenvalue weighted by Gasteiger charge is -2.12. The molecule has 0 aromatic heterocycles. The predicted molar refractivity (Wildman–Crippen MR) is 94.7 cm³/mol. The number of esters is 1. The lowest BCUT2D eigenvalue weighted by Crippen LogP contribution is -2.43. The number of nitrogens with two attached hydrogens (primary N) is 1. The number of amides is 3. The predicted octanol–water partition coefficient (Wildman–Crippen LogP) is 2.02. The van der Waals surface area contributed by atoms with Crippen LogP contribution in [0.2, 0.25) is 0 Å². The minimum Gasteiger partial charge on any atom is -0.457 e. The Bertz CT molecular complexity index is 762. The molecule has 26 heavy (non-hydrogen) atoms. The number of nitrogens with one attached hydrogen (secondary N) is 2. The molecule has 2 aromatic carbocycles. The molecule has 0 fully saturated rings. The largest absolute Gasteiger partial charge is 0.457 e. The zero-order valence-electron chi connectivity index (χ0n) is 14.1. The lowest BCUT2D eigenvalue weighted by atomic mass is 10.3. The zero-order valence-corrected chi connectivity index (χ0v) is 14.1. The highest BCUT2D eigenvalue weighted by Crippen LogP contribution is 2.22. The van der Waals surface area contributed by atoms with Crippen LogP contribution < -0.4 is 21.1 Å². The minimum atomic E-state index is -0.935. The molecule has 0 heterocycles. The van der Waals surface area contributed by atoms with Crippen molar-refractivity contribution in [2.45, 2.75) is 13.0 Å². The van der Waals surface area contributed by atoms with Crippen molar-refractivity contribution in [3.05, 3.63) is 54.6 Å². The van der Waals surface area contributed by atoms with E-state index in [2.05, 4.69) is 10.6 Å². The summed E-state index contributed by atoms with van der Waals surface area (Å²) < 4.78 is 10.4. The highest BCUT2D eigenvalue weighted by Gasteiger charge is 2.17. The van der Waals surface area contributed by atoms with Gasteiger partial charge in [0.2, 0.25) is 0 Å². The minimum absolute atomic E-state index is 0.480. The Morgan fingerprint density at radius 3 is 2.23 bits per heavy atom. The quantitative estimate of drug-likeness (QED) is 0.655. The van der Waals surface area contributed by atoms with Gasteiger partial charge in [-0.25, -0.2) is 9.59 Å². The van der Waals surface area contributed by atoms with Gasteiger partial charge in [-0.05, 0) is 43.3 Å². The van der Waals surface area contributed by atoms with Crippen molar-refractivity contribution in [2.75, 3.05) is 11.9 Å². The number of carbonyl (C=O) groups is 3. The normalized spacial score (nSPS) is 11.1. The van der Waals surface area contributed by atoms with Crippen LogP contribution in [0.3, 0.4) is 0 Å². The Balaban J connectivity index is 1.80. The molecule has 136 valence electrons. The summed E-state index contributed by atoms with van der Waals surface area (Å²) in [6.45, 7) is 0.919. The smallest absolute Gasteiger partial charge is 0.328 e. The molecule has 0 saturated heterocycles. The Hall–Kier alpha value is -3.55. The number of carbonyl (C=O) groups excluding carboxylic acids is 3. The number of primary amides is 1. The van der Waals surface area contributed by atoms with Gasteiger partial charge in [0.05, 0.1) is 0 Å². The van der Waals surface area contributed by atoms with Gasteiger partial charge in [0, 0.05) is 5.69 Å². The van der Waals surface area contributed by atoms with Crippen molar-refractivity contribution in [1.82, 2.24) is 5.32 Å². The average Bonchev–Trinajstić information content (AvgIpc) is 2.61. The number of hydrogen-bond acceptors (Lipinski definition) is 5. The Kier molecular flexibility index (Phi) is 6.55. The van der Waals surface area contributed by atoms with Gasteiger partial charge in [-0.2, -0.15) is 0 Å². The molecule has 0 aliphatic heterocycles. The van der Waals surface area contributed by atoms with Crippen molar-refractivity contribution in [1.29, 1.82) is 0 Å². The average molecular weight is 357 g/mol. The molecule has 1 atom stereocenters. The molecular weight excluding hydrogens is 338 g/mol. The maximum absolute atomic E-state index is 11.8. The van der Waals surface area contributed by atoms with Crippen LogP contribution in [-0.2, 0) is 14.3 Å². The van der Waals surface area contributed by atoms with Gasteiger partial charge in [0.1, 0.15) is 17.5 Å². The van der Waals surface area contributed by atoms with Crippen molar-refractivity contribution >= 4 is 23.6 Å². The van der Waals surface area contributed by atoms with Crippen molar-refractivity contribution < 1.29 is 23.9 Å². The van der Waals surface area contributed by atoms with Gasteiger partial charge < -0.3 is 25.8 Å². The van der Waals surface area contributed by atoms with Gasteiger partial charge in [-0.15, -0.1) is 0 Å². The van der Waals surface area contributed by atoms with Crippen LogP contribution in [-0.4, -0.2) is 30.6 Å². The molecule has 0 saturated carbocycles. The van der Waals surface area contributed by atoms with E-state index in [0.717, 1.165) is 0 Å². The van der Waals surface area contributed by atoms with E-state index in [1.54, 1.807) is 24.3 Å². The number of urea groups is 1. The van der Waals surface area contributed by atoms with Crippen LogP contribution in [0, 0.1) is 0 Å². The summed E-state index contributed by atoms with van der Waals surface area (Å²) >= 11 is 0. The van der Waals surface area contributed by atoms with E-state index in [1.165, 1.54) is 6.92 Å². The van der Waals surface area contributed by atoms with E-state index < -0.39 is 30.6 Å². The first-order valence-corrected chi connectivity index (χ1v) is 7.79. The number of benzene rings is 2. The Morgan fingerprint density at radius 1 is 1.00 bits per heavy atom. The number of hydrogen-bond donors (Lipinski definition) is 3. The molecule has 0 aliphatic carbocycles. The monoisotopic (exact) mass is 357 g/mol. The van der Waals surface area contributed by atoms with Crippen LogP contribution >= 0.6 is 0 Å². The first kappa shape index (κ1) is 18.8. The fraction of sp³-hybridized carbons (Fsp3) is 0.167. The maximum atomic E-state index is 11.8. The van der Waals surface area contributed by atoms with Crippen molar-refractivity contribution in [2.24, 2.45) is 5.73 Å². The van der Waals surface area contributed by atoms with Gasteiger partial charge in [-0.3, -0.25) is 4.79 Å². The van der Waals surface area contributed by atoms with Crippen LogP contribution in [0.15, 0.2) is 54.6 Å². The molecular formula is C18H19N3O5. The molecule has 0 aliphatic rings. The van der Waals surface area contributed by atoms with Crippen LogP contribution in [0.1, 0.15) is 6.92 Å². The molecule has 3 amide bonds. The second-order valence-corrected chi connectivity index (χ2v) is 5.33. The first-order chi connectivity index (χ1) is 12.4. The first-order valence-electron chi connectivity index (χ1n) is 7.79. The number of rotatable bonds is 7. The van der Waals surface area contributed by atoms with Crippen molar-refractivity contribution in [3.8, 4) is 11.5 Å². The summed E-state index contributed by atoms with van der Waals surface area (Å²) in [7, 11) is 0. The molecule has 4 N–H and O–H groups in total. The summed E-state index contributed by atoms with van der Waals surface area (Å²) in [5.41, 5.74) is 5.43. The molecule has 8 heteroatoms. The molecule has 0 bridgehead atoms. The second-order valence-electron chi connectivity index (χ2n) is 5.33. The SMILES string of the molecule is C[C@H](NC(N)=O)C(=O)OCC(=O)Nc1ccc(Oc2ccccc2)cc1. The highest BCUT2D eigenvalue weighted by atomic mass is 16.5. The van der Waals surface area contributed by atoms with Crippen molar-refractivity contribution in [3.63, 3.8) is 0 Å². The Morgan fingerprint density at radius 2 is 1.62 bits per heavy atom. The molecule has 0 spiro atoms. The topological polar surface area (TPSA) is 120 Å². The number of para-hydroxylation sites is 1.